The van der Waals surface area contributed by atoms with E-state index in [1.807, 2.05) is 0 Å². The third kappa shape index (κ3) is 3.40. The maximum absolute atomic E-state index is 4.62. The van der Waals surface area contributed by atoms with Gasteiger partial charge in [-0.15, -0.1) is 0 Å². The van der Waals surface area contributed by atoms with Crippen molar-refractivity contribution in [1.29, 1.82) is 0 Å². The molecule has 0 saturated carbocycles. The highest BCUT2D eigenvalue weighted by atomic mass is 127. The van der Waals surface area contributed by atoms with Gasteiger partial charge in [0.15, 0.2) is 5.82 Å². The van der Waals surface area contributed by atoms with Crippen molar-refractivity contribution < 1.29 is 0 Å². The Balaban J connectivity index is 2.47. The molecule has 0 amide bonds. The van der Waals surface area contributed by atoms with E-state index in [9.17, 15) is 0 Å². The third-order valence-electron chi connectivity index (χ3n) is 2.51. The van der Waals surface area contributed by atoms with Crippen LogP contribution in [-0.2, 0) is 6.42 Å². The SMILES string of the molecule is CCNc1nc(-c2cn[nH]n2)nc(CC(C)C)c1I. The second kappa shape index (κ2) is 6.27. The zero-order valence-corrected chi connectivity index (χ0v) is 13.4. The first-order valence-corrected chi connectivity index (χ1v) is 7.36. The number of rotatable bonds is 5. The molecule has 0 radical (unpaired) electrons. The van der Waals surface area contributed by atoms with Gasteiger partial charge in [-0.2, -0.15) is 15.4 Å². The van der Waals surface area contributed by atoms with E-state index in [4.69, 9.17) is 0 Å². The number of aromatic amines is 1. The van der Waals surface area contributed by atoms with Gasteiger partial charge in [-0.1, -0.05) is 13.8 Å². The lowest BCUT2D eigenvalue weighted by Gasteiger charge is -2.12. The van der Waals surface area contributed by atoms with Crippen molar-refractivity contribution in [1.82, 2.24) is 25.4 Å². The fraction of sp³-hybridized carbons (Fsp3) is 0.500. The first-order chi connectivity index (χ1) is 9.11. The molecule has 0 aliphatic carbocycles. The van der Waals surface area contributed by atoms with E-state index in [-0.39, 0.29) is 0 Å². The molecule has 0 unspecified atom stereocenters. The Bertz CT molecular complexity index is 537. The summed E-state index contributed by atoms with van der Waals surface area (Å²) >= 11 is 2.30. The van der Waals surface area contributed by atoms with Crippen LogP contribution in [0.25, 0.3) is 11.5 Å². The van der Waals surface area contributed by atoms with Gasteiger partial charge in [0.2, 0.25) is 0 Å². The van der Waals surface area contributed by atoms with Crippen LogP contribution in [0.2, 0.25) is 0 Å². The van der Waals surface area contributed by atoms with Gasteiger partial charge in [0, 0.05) is 6.54 Å². The van der Waals surface area contributed by atoms with E-state index in [0.717, 1.165) is 28.0 Å². The molecule has 0 aromatic carbocycles. The Morgan fingerprint density at radius 1 is 1.37 bits per heavy atom. The Morgan fingerprint density at radius 3 is 2.74 bits per heavy atom. The molecule has 0 spiro atoms. The van der Waals surface area contributed by atoms with Crippen molar-refractivity contribution in [2.24, 2.45) is 5.92 Å². The number of nitrogens with one attached hydrogen (secondary N) is 2. The Hall–Kier alpha value is -1.25. The summed E-state index contributed by atoms with van der Waals surface area (Å²) in [5, 5.41) is 13.7. The molecule has 0 saturated heterocycles. The zero-order chi connectivity index (χ0) is 13.8. The summed E-state index contributed by atoms with van der Waals surface area (Å²) in [6, 6.07) is 0. The predicted octanol–water partition coefficient (Wildman–Crippen LogP) is 2.50. The van der Waals surface area contributed by atoms with E-state index in [0.29, 0.717) is 17.4 Å². The minimum Gasteiger partial charge on any atom is -0.369 e. The second-order valence-corrected chi connectivity index (χ2v) is 5.72. The average molecular weight is 372 g/mol. The number of anilines is 1. The number of halogens is 1. The van der Waals surface area contributed by atoms with Crippen molar-refractivity contribution in [3.8, 4) is 11.5 Å². The van der Waals surface area contributed by atoms with Crippen LogP contribution < -0.4 is 5.32 Å². The van der Waals surface area contributed by atoms with Gasteiger partial charge in [-0.05, 0) is 41.9 Å². The summed E-state index contributed by atoms with van der Waals surface area (Å²) in [4.78, 5) is 9.14. The molecule has 7 heteroatoms. The van der Waals surface area contributed by atoms with Gasteiger partial charge < -0.3 is 5.32 Å². The summed E-state index contributed by atoms with van der Waals surface area (Å²) < 4.78 is 1.08. The number of hydrogen-bond donors (Lipinski definition) is 2. The van der Waals surface area contributed by atoms with Gasteiger partial charge in [0.05, 0.1) is 15.5 Å². The molecule has 2 aromatic heterocycles. The standard InChI is InChI=1S/C12H17IN6/c1-4-14-12-10(13)8(5-7(2)3)16-11(17-12)9-6-15-19-18-9/h6-7H,4-5H2,1-3H3,(H,14,16,17)(H,15,18,19). The summed E-state index contributed by atoms with van der Waals surface area (Å²) in [6.45, 7) is 7.24. The highest BCUT2D eigenvalue weighted by Crippen LogP contribution is 2.24. The molecule has 19 heavy (non-hydrogen) atoms. The van der Waals surface area contributed by atoms with Crippen molar-refractivity contribution in [2.75, 3.05) is 11.9 Å². The largest absolute Gasteiger partial charge is 0.369 e. The Labute approximate surface area is 126 Å². The second-order valence-electron chi connectivity index (χ2n) is 4.64. The maximum atomic E-state index is 4.62. The summed E-state index contributed by atoms with van der Waals surface area (Å²) in [5.41, 5.74) is 1.72. The van der Waals surface area contributed by atoms with Crippen LogP contribution in [0.15, 0.2) is 6.20 Å². The average Bonchev–Trinajstić information content (AvgIpc) is 2.87. The van der Waals surface area contributed by atoms with E-state index < -0.39 is 0 Å². The molecule has 0 bridgehead atoms. The van der Waals surface area contributed by atoms with Crippen molar-refractivity contribution in [3.05, 3.63) is 15.5 Å². The highest BCUT2D eigenvalue weighted by Gasteiger charge is 2.15. The first kappa shape index (κ1) is 14.2. The smallest absolute Gasteiger partial charge is 0.184 e. The molecular formula is C12H17IN6. The van der Waals surface area contributed by atoms with E-state index in [2.05, 4.69) is 74.1 Å². The Kier molecular flexibility index (Phi) is 4.67. The lowest BCUT2D eigenvalue weighted by Crippen LogP contribution is -2.10. The normalized spacial score (nSPS) is 11.0. The summed E-state index contributed by atoms with van der Waals surface area (Å²) in [6.07, 6.45) is 2.56. The molecule has 6 nitrogen and oxygen atoms in total. The van der Waals surface area contributed by atoms with Crippen LogP contribution in [-0.4, -0.2) is 31.9 Å². The monoisotopic (exact) mass is 372 g/mol. The molecule has 2 aromatic rings. The molecule has 0 atom stereocenters. The number of H-pyrrole nitrogens is 1. The molecular weight excluding hydrogens is 355 g/mol. The van der Waals surface area contributed by atoms with Gasteiger partial charge >= 0.3 is 0 Å². The third-order valence-corrected chi connectivity index (χ3v) is 3.64. The molecule has 2 heterocycles. The van der Waals surface area contributed by atoms with Crippen LogP contribution in [0.1, 0.15) is 26.5 Å². The maximum Gasteiger partial charge on any atom is 0.184 e. The van der Waals surface area contributed by atoms with Crippen molar-refractivity contribution >= 4 is 28.4 Å². The van der Waals surface area contributed by atoms with Crippen LogP contribution in [0.3, 0.4) is 0 Å². The quantitative estimate of drug-likeness (QED) is 0.789. The predicted molar refractivity (Wildman–Crippen MR) is 82.8 cm³/mol. The lowest BCUT2D eigenvalue weighted by molar-refractivity contribution is 0.632. The minimum absolute atomic E-state index is 0.544. The summed E-state index contributed by atoms with van der Waals surface area (Å²) in [7, 11) is 0. The van der Waals surface area contributed by atoms with Gasteiger partial charge in [0.1, 0.15) is 11.5 Å². The highest BCUT2D eigenvalue weighted by molar-refractivity contribution is 14.1. The van der Waals surface area contributed by atoms with Crippen molar-refractivity contribution in [2.45, 2.75) is 27.2 Å². The molecule has 0 aliphatic rings. The molecule has 102 valence electrons. The van der Waals surface area contributed by atoms with E-state index in [1.165, 1.54) is 0 Å². The van der Waals surface area contributed by atoms with Crippen LogP contribution in [0.5, 0.6) is 0 Å². The number of hydrogen-bond acceptors (Lipinski definition) is 5. The minimum atomic E-state index is 0.544. The van der Waals surface area contributed by atoms with E-state index in [1.54, 1.807) is 6.20 Å². The van der Waals surface area contributed by atoms with Gasteiger partial charge in [0.25, 0.3) is 0 Å². The number of nitrogens with zero attached hydrogens (tertiary/aromatic N) is 4. The summed E-state index contributed by atoms with van der Waals surface area (Å²) in [5.74, 6) is 2.02. The van der Waals surface area contributed by atoms with Gasteiger partial charge in [-0.3, -0.25) is 0 Å². The lowest BCUT2D eigenvalue weighted by atomic mass is 10.1. The topological polar surface area (TPSA) is 79.4 Å². The Morgan fingerprint density at radius 2 is 2.16 bits per heavy atom. The van der Waals surface area contributed by atoms with Crippen LogP contribution >= 0.6 is 22.6 Å². The van der Waals surface area contributed by atoms with Gasteiger partial charge in [-0.25, -0.2) is 9.97 Å². The first-order valence-electron chi connectivity index (χ1n) is 6.28. The fourth-order valence-corrected chi connectivity index (χ4v) is 2.38. The molecule has 2 rings (SSSR count). The number of aromatic nitrogens is 5. The molecule has 0 fully saturated rings. The van der Waals surface area contributed by atoms with Crippen LogP contribution in [0, 0.1) is 9.49 Å². The fourth-order valence-electron chi connectivity index (χ4n) is 1.72. The van der Waals surface area contributed by atoms with Crippen molar-refractivity contribution in [3.63, 3.8) is 0 Å². The van der Waals surface area contributed by atoms with E-state index >= 15 is 0 Å². The van der Waals surface area contributed by atoms with Crippen LogP contribution in [0.4, 0.5) is 5.82 Å². The molecule has 2 N–H and O–H groups in total. The molecule has 0 aliphatic heterocycles. The zero-order valence-electron chi connectivity index (χ0n) is 11.2.